The standard InChI is InChI=1S/C26H27N5O2.C2H6N.U/c32-16-19-3-1-2-17-8-11-31(15-21(17)19)25-24-23(29-26(24)33)14-22(28-25)18-4-6-20(7-5-18)30-12-9-27-10-13-30;1-3-2;/h1-7,14,27,32H,8-13,15-16H2,(H,28,29,33);1-2H3;/q;-1;+2/p-1. The van der Waals surface area contributed by atoms with E-state index in [1.54, 1.807) is 14.1 Å². The number of rotatable bonds is 4. The Bertz CT molecular complexity index is 1230. The molecule has 0 spiro atoms. The molecule has 1 aromatic heterocycles. The van der Waals surface area contributed by atoms with E-state index in [1.807, 2.05) is 18.2 Å². The van der Waals surface area contributed by atoms with E-state index >= 15 is 0 Å². The minimum absolute atomic E-state index is 0. The first-order valence-corrected chi connectivity index (χ1v) is 12.4. The molecule has 0 radical (unpaired) electrons. The Morgan fingerprint density at radius 1 is 1.05 bits per heavy atom. The molecule has 3 aromatic rings. The van der Waals surface area contributed by atoms with Crippen LogP contribution in [0.5, 0.6) is 0 Å². The molecule has 0 bridgehead atoms. The van der Waals surface area contributed by atoms with Gasteiger partial charge in [0.25, 0.3) is 0 Å². The van der Waals surface area contributed by atoms with Crippen molar-refractivity contribution in [3.8, 4) is 11.3 Å². The Labute approximate surface area is 242 Å². The summed E-state index contributed by atoms with van der Waals surface area (Å²) in [7, 11) is 3.50. The monoisotopic (exact) mass is 722 g/mol. The van der Waals surface area contributed by atoms with Crippen molar-refractivity contribution in [2.75, 3.05) is 56.6 Å². The van der Waals surface area contributed by atoms with E-state index in [0.717, 1.165) is 61.5 Å². The molecule has 2 N–H and O–H groups in total. The minimum Gasteiger partial charge on any atom is -0.668 e. The largest absolute Gasteiger partial charge is 2.00 e. The molecule has 190 valence electrons. The van der Waals surface area contributed by atoms with Gasteiger partial charge >= 0.3 is 31.1 Å². The van der Waals surface area contributed by atoms with Gasteiger partial charge in [0.05, 0.1) is 18.2 Å². The van der Waals surface area contributed by atoms with Crippen LogP contribution in [0.1, 0.15) is 27.0 Å². The number of pyridine rings is 1. The Balaban J connectivity index is 0.000000765. The average Bonchev–Trinajstić information content (AvgIpc) is 2.92. The SMILES string of the molecule is C[N-]C.O=C1[N-]c2cc(-c3ccc(N4CCNCC4)cc3)nc(N3CCc4cccc(CO)c4C3)c21.[U+2]. The molecular weight excluding hydrogens is 690 g/mol. The Morgan fingerprint density at radius 2 is 1.78 bits per heavy atom. The average molecular weight is 723 g/mol. The van der Waals surface area contributed by atoms with Gasteiger partial charge in [-0.05, 0) is 41.3 Å². The number of carbonyl (C=O) groups excluding carboxylic acids is 1. The minimum atomic E-state index is -0.200. The van der Waals surface area contributed by atoms with Crippen LogP contribution < -0.4 is 15.1 Å². The van der Waals surface area contributed by atoms with Crippen molar-refractivity contribution in [1.29, 1.82) is 0 Å². The molecule has 3 aliphatic rings. The maximum absolute atomic E-state index is 12.3. The second kappa shape index (κ2) is 12.4. The van der Waals surface area contributed by atoms with E-state index in [4.69, 9.17) is 4.98 Å². The topological polar surface area (TPSA) is 96.9 Å². The van der Waals surface area contributed by atoms with Crippen molar-refractivity contribution in [3.05, 3.63) is 81.4 Å². The summed E-state index contributed by atoms with van der Waals surface area (Å²) in [5.41, 5.74) is 7.71. The molecule has 1 saturated heterocycles. The van der Waals surface area contributed by atoms with E-state index in [0.29, 0.717) is 23.6 Å². The van der Waals surface area contributed by atoms with Gasteiger partial charge in [-0.15, -0.1) is 5.69 Å². The van der Waals surface area contributed by atoms with Gasteiger partial charge < -0.3 is 35.7 Å². The Morgan fingerprint density at radius 3 is 2.46 bits per heavy atom. The molecule has 1 amide bonds. The van der Waals surface area contributed by atoms with Crippen molar-refractivity contribution < 1.29 is 41.0 Å². The predicted molar refractivity (Wildman–Crippen MR) is 144 cm³/mol. The van der Waals surface area contributed by atoms with Gasteiger partial charge in [-0.25, -0.2) is 4.98 Å². The van der Waals surface area contributed by atoms with Crippen LogP contribution in [0.4, 0.5) is 17.2 Å². The number of nitrogens with zero attached hydrogens (tertiary/aromatic N) is 5. The molecule has 0 saturated carbocycles. The fourth-order valence-corrected chi connectivity index (χ4v) is 5.05. The molecule has 0 aliphatic carbocycles. The summed E-state index contributed by atoms with van der Waals surface area (Å²) >= 11 is 0. The molecular formula is C28H32N6O2U. The third kappa shape index (κ3) is 5.72. The van der Waals surface area contributed by atoms with Gasteiger partial charge in [-0.2, -0.15) is 14.1 Å². The van der Waals surface area contributed by atoms with Gasteiger partial charge in [0, 0.05) is 56.1 Å². The van der Waals surface area contributed by atoms with Crippen LogP contribution in [-0.2, 0) is 19.6 Å². The Kier molecular flexibility index (Phi) is 9.27. The van der Waals surface area contributed by atoms with E-state index in [2.05, 4.69) is 56.1 Å². The molecule has 2 aromatic carbocycles. The number of hydrogen-bond donors (Lipinski definition) is 2. The number of carbonyl (C=O) groups is 1. The van der Waals surface area contributed by atoms with Crippen molar-refractivity contribution in [2.24, 2.45) is 0 Å². The molecule has 9 heteroatoms. The fourth-order valence-electron chi connectivity index (χ4n) is 5.05. The third-order valence-electron chi connectivity index (χ3n) is 6.90. The second-order valence-corrected chi connectivity index (χ2v) is 9.26. The van der Waals surface area contributed by atoms with Crippen LogP contribution in [0, 0.1) is 31.1 Å². The van der Waals surface area contributed by atoms with Crippen LogP contribution in [-0.4, -0.2) is 62.8 Å². The number of aliphatic hydroxyl groups is 1. The fraction of sp³-hybridized carbons (Fsp3) is 0.357. The first kappa shape index (κ1) is 27.6. The van der Waals surface area contributed by atoms with Crippen LogP contribution in [0.2, 0.25) is 0 Å². The van der Waals surface area contributed by atoms with E-state index in [-0.39, 0.29) is 43.6 Å². The van der Waals surface area contributed by atoms with Gasteiger partial charge in [-0.1, -0.05) is 30.3 Å². The Hall–Kier alpha value is -2.41. The number of anilines is 2. The molecule has 4 heterocycles. The van der Waals surface area contributed by atoms with E-state index in [1.165, 1.54) is 11.3 Å². The van der Waals surface area contributed by atoms with Crippen LogP contribution >= 0.6 is 0 Å². The second-order valence-electron chi connectivity index (χ2n) is 9.26. The number of piperazine rings is 1. The molecule has 3 aliphatic heterocycles. The maximum atomic E-state index is 12.3. The van der Waals surface area contributed by atoms with Crippen LogP contribution in [0.15, 0.2) is 48.5 Å². The zero-order valence-corrected chi connectivity index (χ0v) is 25.5. The zero-order chi connectivity index (χ0) is 25.1. The number of fused-ring (bicyclic) bond motifs is 2. The van der Waals surface area contributed by atoms with Crippen molar-refractivity contribution in [3.63, 3.8) is 0 Å². The van der Waals surface area contributed by atoms with Gasteiger partial charge in [0.1, 0.15) is 5.82 Å². The summed E-state index contributed by atoms with van der Waals surface area (Å²) in [4.78, 5) is 21.8. The molecule has 1 fully saturated rings. The number of aliphatic hydroxyl groups excluding tert-OH is 1. The first-order chi connectivity index (χ1) is 17.6. The van der Waals surface area contributed by atoms with Crippen LogP contribution in [0.3, 0.4) is 0 Å². The maximum Gasteiger partial charge on any atom is 2.00 e. The number of aromatic nitrogens is 1. The van der Waals surface area contributed by atoms with E-state index in [9.17, 15) is 9.90 Å². The van der Waals surface area contributed by atoms with Crippen molar-refractivity contribution in [1.82, 2.24) is 10.3 Å². The van der Waals surface area contributed by atoms with E-state index < -0.39 is 0 Å². The van der Waals surface area contributed by atoms with Gasteiger partial charge in [0.2, 0.25) is 0 Å². The summed E-state index contributed by atoms with van der Waals surface area (Å²) < 4.78 is 0. The molecule has 0 atom stereocenters. The molecule has 37 heavy (non-hydrogen) atoms. The summed E-state index contributed by atoms with van der Waals surface area (Å²) in [6.07, 6.45) is 0.856. The van der Waals surface area contributed by atoms with Crippen molar-refractivity contribution in [2.45, 2.75) is 19.6 Å². The summed E-state index contributed by atoms with van der Waals surface area (Å²) in [6, 6.07) is 16.5. The molecule has 8 nitrogen and oxygen atoms in total. The summed E-state index contributed by atoms with van der Waals surface area (Å²) in [6.45, 7) is 5.44. The summed E-state index contributed by atoms with van der Waals surface area (Å²) in [5, 5.41) is 20.8. The number of benzene rings is 2. The van der Waals surface area contributed by atoms with Crippen molar-refractivity contribution >= 4 is 23.1 Å². The quantitative estimate of drug-likeness (QED) is 0.423. The molecule has 6 rings (SSSR count). The zero-order valence-electron chi connectivity index (χ0n) is 21.4. The van der Waals surface area contributed by atoms with Crippen LogP contribution in [0.25, 0.3) is 21.9 Å². The predicted octanol–water partition coefficient (Wildman–Crippen LogP) is 3.99. The smallest absolute Gasteiger partial charge is 0.668 e. The normalized spacial score (nSPS) is 15.8. The third-order valence-corrected chi connectivity index (χ3v) is 6.90. The van der Waals surface area contributed by atoms with Gasteiger partial charge in [-0.3, -0.25) is 0 Å². The number of nitrogens with one attached hydrogen (secondary N) is 1. The molecule has 0 unspecified atom stereocenters. The summed E-state index contributed by atoms with van der Waals surface area (Å²) in [5.74, 6) is 0.501. The van der Waals surface area contributed by atoms with Gasteiger partial charge in [0.15, 0.2) is 0 Å². The number of hydrogen-bond acceptors (Lipinski definition) is 6. The number of amides is 1. The first-order valence-electron chi connectivity index (χ1n) is 12.4.